The molecule has 2 rings (SSSR count). The van der Waals surface area contributed by atoms with E-state index < -0.39 is 4.92 Å². The van der Waals surface area contributed by atoms with Gasteiger partial charge in [-0.05, 0) is 17.1 Å². The van der Waals surface area contributed by atoms with E-state index in [1.54, 1.807) is 12.3 Å². The van der Waals surface area contributed by atoms with Gasteiger partial charge in [-0.2, -0.15) is 0 Å². The number of nitrogens with one attached hydrogen (secondary N) is 2. The lowest BCUT2D eigenvalue weighted by molar-refractivity contribution is -0.388. The highest BCUT2D eigenvalue weighted by Gasteiger charge is 2.13. The van der Waals surface area contributed by atoms with E-state index in [9.17, 15) is 10.1 Å². The Morgan fingerprint density at radius 1 is 1.62 bits per heavy atom. The Labute approximate surface area is 90.6 Å². The van der Waals surface area contributed by atoms with Gasteiger partial charge in [0.1, 0.15) is 12.0 Å². The Kier molecular flexibility index (Phi) is 2.86. The van der Waals surface area contributed by atoms with Crippen LogP contribution >= 0.6 is 0 Å². The molecule has 0 saturated carbocycles. The number of hydrogen-bond acceptors (Lipinski definition) is 5. The maximum absolute atomic E-state index is 10.6. The predicted molar refractivity (Wildman–Crippen MR) is 56.1 cm³/mol. The first kappa shape index (κ1) is 10.2. The molecular formula is C9H10N4O3. The summed E-state index contributed by atoms with van der Waals surface area (Å²) >= 11 is 0. The maximum Gasteiger partial charge on any atom is 0.366 e. The number of nitro groups is 1. The molecule has 2 N–H and O–H groups in total. The SMILES string of the molecule is O=[N+]([O-])c1[nH]ncc1NCCc1ccco1. The summed E-state index contributed by atoms with van der Waals surface area (Å²) in [7, 11) is 0. The molecule has 0 fully saturated rings. The van der Waals surface area contributed by atoms with Crippen LogP contribution < -0.4 is 5.32 Å². The van der Waals surface area contributed by atoms with Crippen LogP contribution in [0.3, 0.4) is 0 Å². The third-order valence-electron chi connectivity index (χ3n) is 2.07. The summed E-state index contributed by atoms with van der Waals surface area (Å²) in [5.41, 5.74) is 0.386. The monoisotopic (exact) mass is 222 g/mol. The summed E-state index contributed by atoms with van der Waals surface area (Å²) in [5.74, 6) is 0.707. The number of rotatable bonds is 5. The van der Waals surface area contributed by atoms with E-state index in [1.165, 1.54) is 6.20 Å². The summed E-state index contributed by atoms with van der Waals surface area (Å²) in [6.45, 7) is 0.549. The zero-order chi connectivity index (χ0) is 11.4. The molecule has 0 atom stereocenters. The van der Waals surface area contributed by atoms with E-state index in [1.807, 2.05) is 6.07 Å². The summed E-state index contributed by atoms with van der Waals surface area (Å²) < 4.78 is 5.13. The molecule has 16 heavy (non-hydrogen) atoms. The average molecular weight is 222 g/mol. The van der Waals surface area contributed by atoms with Crippen LogP contribution in [0.4, 0.5) is 11.5 Å². The number of hydrogen-bond donors (Lipinski definition) is 2. The molecule has 2 aromatic heterocycles. The third kappa shape index (κ3) is 2.19. The van der Waals surface area contributed by atoms with Crippen molar-refractivity contribution in [3.05, 3.63) is 40.5 Å². The molecule has 0 spiro atoms. The second-order valence-corrected chi connectivity index (χ2v) is 3.15. The molecule has 0 bridgehead atoms. The maximum atomic E-state index is 10.6. The highest BCUT2D eigenvalue weighted by molar-refractivity contribution is 5.55. The van der Waals surface area contributed by atoms with Crippen molar-refractivity contribution in [3.8, 4) is 0 Å². The van der Waals surface area contributed by atoms with Crippen LogP contribution in [0.2, 0.25) is 0 Å². The Morgan fingerprint density at radius 2 is 2.50 bits per heavy atom. The molecule has 7 nitrogen and oxygen atoms in total. The zero-order valence-corrected chi connectivity index (χ0v) is 8.34. The second kappa shape index (κ2) is 4.47. The minimum atomic E-state index is -0.512. The molecule has 84 valence electrons. The minimum absolute atomic E-state index is 0.126. The predicted octanol–water partition coefficient (Wildman–Crippen LogP) is 1.57. The van der Waals surface area contributed by atoms with Gasteiger partial charge in [-0.15, -0.1) is 5.10 Å². The summed E-state index contributed by atoms with van der Waals surface area (Å²) in [5, 5.41) is 19.4. The fraction of sp³-hybridized carbons (Fsp3) is 0.222. The van der Waals surface area contributed by atoms with Crippen LogP contribution in [0.1, 0.15) is 5.76 Å². The summed E-state index contributed by atoms with van der Waals surface area (Å²) in [6.07, 6.45) is 3.64. The lowest BCUT2D eigenvalue weighted by Gasteiger charge is -2.01. The van der Waals surface area contributed by atoms with E-state index in [-0.39, 0.29) is 5.82 Å². The molecule has 0 aromatic carbocycles. The van der Waals surface area contributed by atoms with Crippen LogP contribution in [0.5, 0.6) is 0 Å². The first-order valence-corrected chi connectivity index (χ1v) is 4.71. The van der Waals surface area contributed by atoms with E-state index in [4.69, 9.17) is 4.42 Å². The van der Waals surface area contributed by atoms with Crippen molar-refractivity contribution >= 4 is 11.5 Å². The number of nitrogens with zero attached hydrogens (tertiary/aromatic N) is 2. The van der Waals surface area contributed by atoms with Gasteiger partial charge < -0.3 is 19.8 Å². The van der Waals surface area contributed by atoms with Crippen LogP contribution in [-0.2, 0) is 6.42 Å². The zero-order valence-electron chi connectivity index (χ0n) is 8.34. The number of aromatic amines is 1. The average Bonchev–Trinajstić information content (AvgIpc) is 2.87. The molecular weight excluding hydrogens is 212 g/mol. The van der Waals surface area contributed by atoms with Gasteiger partial charge in [-0.1, -0.05) is 5.10 Å². The lowest BCUT2D eigenvalue weighted by Crippen LogP contribution is -2.05. The van der Waals surface area contributed by atoms with E-state index in [0.29, 0.717) is 18.7 Å². The quantitative estimate of drug-likeness (QED) is 0.591. The fourth-order valence-corrected chi connectivity index (χ4v) is 1.32. The standard InChI is InChI=1S/C9H10N4O3/c14-13(15)9-8(6-11-12-9)10-4-3-7-2-1-5-16-7/h1-2,5-6,10H,3-4H2,(H,11,12). The molecule has 0 aliphatic carbocycles. The van der Waals surface area contributed by atoms with Gasteiger partial charge in [0.05, 0.1) is 6.26 Å². The van der Waals surface area contributed by atoms with Crippen LogP contribution in [0, 0.1) is 10.1 Å². The Hall–Kier alpha value is -2.31. The van der Waals surface area contributed by atoms with Crippen molar-refractivity contribution in [1.82, 2.24) is 10.2 Å². The number of anilines is 1. The minimum Gasteiger partial charge on any atom is -0.469 e. The number of aromatic nitrogens is 2. The smallest absolute Gasteiger partial charge is 0.366 e. The highest BCUT2D eigenvalue weighted by Crippen LogP contribution is 2.19. The molecule has 0 saturated heterocycles. The fourth-order valence-electron chi connectivity index (χ4n) is 1.32. The third-order valence-corrected chi connectivity index (χ3v) is 2.07. The van der Waals surface area contributed by atoms with Gasteiger partial charge in [0.25, 0.3) is 0 Å². The van der Waals surface area contributed by atoms with Gasteiger partial charge >= 0.3 is 5.82 Å². The highest BCUT2D eigenvalue weighted by atomic mass is 16.6. The summed E-state index contributed by atoms with van der Waals surface area (Å²) in [6, 6.07) is 3.65. The van der Waals surface area contributed by atoms with Crippen molar-refractivity contribution < 1.29 is 9.34 Å². The Morgan fingerprint density at radius 3 is 3.19 bits per heavy atom. The van der Waals surface area contributed by atoms with Crippen molar-refractivity contribution in [3.63, 3.8) is 0 Å². The van der Waals surface area contributed by atoms with Gasteiger partial charge in [0, 0.05) is 13.0 Å². The first-order valence-electron chi connectivity index (χ1n) is 4.71. The molecule has 0 amide bonds. The Bertz CT molecular complexity index is 463. The second-order valence-electron chi connectivity index (χ2n) is 3.15. The van der Waals surface area contributed by atoms with Gasteiger partial charge in [0.2, 0.25) is 0 Å². The molecule has 0 aliphatic rings. The molecule has 0 aliphatic heterocycles. The van der Waals surface area contributed by atoms with E-state index in [2.05, 4.69) is 15.5 Å². The summed E-state index contributed by atoms with van der Waals surface area (Å²) in [4.78, 5) is 10.0. The lowest BCUT2D eigenvalue weighted by atomic mass is 10.3. The normalized spacial score (nSPS) is 10.2. The molecule has 2 heterocycles. The van der Waals surface area contributed by atoms with Crippen molar-refractivity contribution in [2.24, 2.45) is 0 Å². The molecule has 0 radical (unpaired) electrons. The topological polar surface area (TPSA) is 97.0 Å². The van der Waals surface area contributed by atoms with Gasteiger partial charge in [-0.25, -0.2) is 0 Å². The molecule has 7 heteroatoms. The van der Waals surface area contributed by atoms with Crippen LogP contribution in [0.25, 0.3) is 0 Å². The molecule has 2 aromatic rings. The van der Waals surface area contributed by atoms with Gasteiger partial charge in [0.15, 0.2) is 5.69 Å². The Balaban J connectivity index is 1.90. The van der Waals surface area contributed by atoms with Crippen LogP contribution in [0.15, 0.2) is 29.0 Å². The van der Waals surface area contributed by atoms with Crippen molar-refractivity contribution in [2.75, 3.05) is 11.9 Å². The first-order chi connectivity index (χ1) is 7.77. The van der Waals surface area contributed by atoms with E-state index in [0.717, 1.165) is 5.76 Å². The van der Waals surface area contributed by atoms with Crippen molar-refractivity contribution in [1.29, 1.82) is 0 Å². The van der Waals surface area contributed by atoms with E-state index >= 15 is 0 Å². The van der Waals surface area contributed by atoms with Gasteiger partial charge in [-0.3, -0.25) is 0 Å². The van der Waals surface area contributed by atoms with Crippen molar-refractivity contribution in [2.45, 2.75) is 6.42 Å². The molecule has 0 unspecified atom stereocenters. The number of H-pyrrole nitrogens is 1. The van der Waals surface area contributed by atoms with Crippen LogP contribution in [-0.4, -0.2) is 21.7 Å². The largest absolute Gasteiger partial charge is 0.469 e. The number of furan rings is 1.